The molecule has 0 amide bonds. The van der Waals surface area contributed by atoms with Gasteiger partial charge in [0, 0.05) is 11.0 Å². The molecular weight excluding hydrogens is 213 g/mol. The van der Waals surface area contributed by atoms with Crippen molar-refractivity contribution in [1.82, 2.24) is 4.23 Å². The first-order valence-electron chi connectivity index (χ1n) is 3.64. The molecule has 67 valence electrons. The van der Waals surface area contributed by atoms with Crippen LogP contribution in [-0.4, -0.2) is 39.5 Å². The van der Waals surface area contributed by atoms with E-state index >= 15 is 0 Å². The van der Waals surface area contributed by atoms with Crippen molar-refractivity contribution in [3.8, 4) is 0 Å². The zero-order valence-corrected chi connectivity index (χ0v) is 11.1. The second-order valence-electron chi connectivity index (χ2n) is 3.37. The van der Waals surface area contributed by atoms with E-state index in [-0.39, 0.29) is 0 Å². The highest BCUT2D eigenvalue weighted by Crippen LogP contribution is 2.11. The predicted octanol–water partition coefficient (Wildman–Crippen LogP) is 2.30. The molecule has 0 rings (SSSR count). The second kappa shape index (κ2) is 4.87. The van der Waals surface area contributed by atoms with Crippen LogP contribution in [0.25, 0.3) is 0 Å². The first-order chi connectivity index (χ1) is 4.95. The van der Waals surface area contributed by atoms with E-state index in [4.69, 9.17) is 23.2 Å². The summed E-state index contributed by atoms with van der Waals surface area (Å²) in [7, 11) is 0.353. The molecule has 0 aromatic carbocycles. The van der Waals surface area contributed by atoms with Crippen molar-refractivity contribution in [1.29, 1.82) is 0 Å². The molecule has 0 aliphatic rings. The first kappa shape index (κ1) is 12.0. The zero-order chi connectivity index (χ0) is 9.07. The van der Waals surface area contributed by atoms with Crippen molar-refractivity contribution < 1.29 is 0 Å². The lowest BCUT2D eigenvalue weighted by molar-refractivity contribution is 0.780. The summed E-state index contributed by atoms with van der Waals surface area (Å²) in [6, 6.07) is 0. The van der Waals surface area contributed by atoms with Crippen LogP contribution >= 0.6 is 23.2 Å². The summed E-state index contributed by atoms with van der Waals surface area (Å²) in [6.07, 6.45) is 0. The van der Waals surface area contributed by atoms with Crippen molar-refractivity contribution in [3.63, 3.8) is 0 Å². The standard InChI is InChI=1S/C6H16Cl2NSi2/c1-9(10(2)5-7)11(3,4)6-8/h5-6H2,1-4H3. The van der Waals surface area contributed by atoms with E-state index in [2.05, 4.69) is 30.9 Å². The molecule has 0 aliphatic heterocycles. The van der Waals surface area contributed by atoms with Crippen LogP contribution in [0.3, 0.4) is 0 Å². The number of halogens is 2. The van der Waals surface area contributed by atoms with E-state index in [1.807, 2.05) is 0 Å². The molecule has 5 heteroatoms. The molecule has 0 spiro atoms. The molecule has 0 saturated heterocycles. The van der Waals surface area contributed by atoms with Gasteiger partial charge in [0.2, 0.25) is 0 Å². The monoisotopic (exact) mass is 228 g/mol. The summed E-state index contributed by atoms with van der Waals surface area (Å²) < 4.78 is 2.44. The second-order valence-corrected chi connectivity index (χ2v) is 12.4. The minimum atomic E-state index is -1.31. The molecular formula is C6H16Cl2NSi2. The number of hydrogen-bond acceptors (Lipinski definition) is 1. The molecule has 0 N–H and O–H groups in total. The maximum absolute atomic E-state index is 5.88. The lowest BCUT2D eigenvalue weighted by Gasteiger charge is -2.35. The largest absolute Gasteiger partial charge is 0.348 e. The fraction of sp³-hybridized carbons (Fsp3) is 1.00. The van der Waals surface area contributed by atoms with Gasteiger partial charge in [0.05, 0.1) is 0 Å². The lowest BCUT2D eigenvalue weighted by atomic mass is 11.6. The van der Waals surface area contributed by atoms with Gasteiger partial charge >= 0.3 is 0 Å². The summed E-state index contributed by atoms with van der Waals surface area (Å²) in [5, 5.41) is 0. The van der Waals surface area contributed by atoms with Gasteiger partial charge in [0.25, 0.3) is 0 Å². The minimum absolute atomic E-state index is 0.500. The quantitative estimate of drug-likeness (QED) is 0.528. The molecule has 0 aromatic heterocycles. The maximum Gasteiger partial charge on any atom is 0.141 e. The zero-order valence-electron chi connectivity index (χ0n) is 7.62. The summed E-state index contributed by atoms with van der Waals surface area (Å²) in [4.78, 5) is 0. The molecule has 1 radical (unpaired) electrons. The third kappa shape index (κ3) is 3.46. The van der Waals surface area contributed by atoms with Crippen LogP contribution < -0.4 is 0 Å². The van der Waals surface area contributed by atoms with Crippen molar-refractivity contribution in [2.75, 3.05) is 18.1 Å². The Bertz CT molecular complexity index is 121. The molecule has 0 bridgehead atoms. The Kier molecular flexibility index (Phi) is 5.30. The van der Waals surface area contributed by atoms with Crippen molar-refractivity contribution in [2.45, 2.75) is 19.6 Å². The van der Waals surface area contributed by atoms with E-state index in [1.54, 1.807) is 0 Å². The van der Waals surface area contributed by atoms with Gasteiger partial charge < -0.3 is 4.23 Å². The van der Waals surface area contributed by atoms with Crippen LogP contribution in [0.15, 0.2) is 0 Å². The Labute approximate surface area is 82.4 Å². The third-order valence-corrected chi connectivity index (χ3v) is 12.1. The maximum atomic E-state index is 5.88. The van der Waals surface area contributed by atoms with Gasteiger partial charge in [-0.05, 0) is 7.05 Å². The molecule has 0 unspecified atom stereocenters. The Hall–Kier alpha value is 0.974. The van der Waals surface area contributed by atoms with Crippen LogP contribution in [0, 0.1) is 0 Å². The Morgan fingerprint density at radius 2 is 1.82 bits per heavy atom. The smallest absolute Gasteiger partial charge is 0.141 e. The highest BCUT2D eigenvalue weighted by Gasteiger charge is 2.29. The molecule has 1 nitrogen and oxygen atoms in total. The van der Waals surface area contributed by atoms with Gasteiger partial charge in [-0.25, -0.2) is 0 Å². The normalized spacial score (nSPS) is 13.1. The van der Waals surface area contributed by atoms with E-state index in [9.17, 15) is 0 Å². The van der Waals surface area contributed by atoms with Crippen molar-refractivity contribution >= 4 is 40.4 Å². The average molecular weight is 229 g/mol. The van der Waals surface area contributed by atoms with Crippen LogP contribution in [0.4, 0.5) is 0 Å². The fourth-order valence-electron chi connectivity index (χ4n) is 0.696. The van der Waals surface area contributed by atoms with Gasteiger partial charge in [-0.15, -0.1) is 23.2 Å². The summed E-state index contributed by atoms with van der Waals surface area (Å²) in [5.74, 6) is 0. The van der Waals surface area contributed by atoms with Crippen molar-refractivity contribution in [3.05, 3.63) is 0 Å². The molecule has 0 heterocycles. The van der Waals surface area contributed by atoms with Crippen molar-refractivity contribution in [2.24, 2.45) is 0 Å². The minimum Gasteiger partial charge on any atom is -0.348 e. The number of hydrogen-bond donors (Lipinski definition) is 0. The topological polar surface area (TPSA) is 3.24 Å². The number of rotatable bonds is 4. The van der Waals surface area contributed by atoms with Gasteiger partial charge in [-0.3, -0.25) is 0 Å². The van der Waals surface area contributed by atoms with E-state index in [0.717, 1.165) is 11.0 Å². The Morgan fingerprint density at radius 3 is 2.09 bits per heavy atom. The third-order valence-electron chi connectivity index (χ3n) is 2.00. The fourth-order valence-corrected chi connectivity index (χ4v) is 7.34. The van der Waals surface area contributed by atoms with Crippen LogP contribution in [0.1, 0.15) is 0 Å². The summed E-state index contributed by atoms with van der Waals surface area (Å²) in [6.45, 7) is 6.79. The Balaban J connectivity index is 4.10. The molecule has 0 atom stereocenters. The van der Waals surface area contributed by atoms with E-state index < -0.39 is 17.2 Å². The SMILES string of the molecule is CN([Si](C)CCl)[Si](C)(C)CCl. The molecule has 0 aromatic rings. The molecule has 0 fully saturated rings. The van der Waals surface area contributed by atoms with Crippen LogP contribution in [0.5, 0.6) is 0 Å². The first-order valence-corrected chi connectivity index (χ1v) is 10.0. The summed E-state index contributed by atoms with van der Waals surface area (Å²) >= 11 is 11.7. The van der Waals surface area contributed by atoms with Crippen LogP contribution in [-0.2, 0) is 0 Å². The van der Waals surface area contributed by atoms with Crippen LogP contribution in [0.2, 0.25) is 19.6 Å². The number of alkyl halides is 2. The highest BCUT2D eigenvalue weighted by atomic mass is 35.5. The average Bonchev–Trinajstić information content (AvgIpc) is 2.01. The highest BCUT2D eigenvalue weighted by molar-refractivity contribution is 6.88. The van der Waals surface area contributed by atoms with Gasteiger partial charge in [0.15, 0.2) is 0 Å². The van der Waals surface area contributed by atoms with Gasteiger partial charge in [-0.1, -0.05) is 19.6 Å². The number of nitrogens with zero attached hydrogens (tertiary/aromatic N) is 1. The summed E-state index contributed by atoms with van der Waals surface area (Å²) in [5.41, 5.74) is 1.58. The van der Waals surface area contributed by atoms with E-state index in [1.165, 1.54) is 0 Å². The predicted molar refractivity (Wildman–Crippen MR) is 58.3 cm³/mol. The Morgan fingerprint density at radius 1 is 1.36 bits per heavy atom. The lowest BCUT2D eigenvalue weighted by Crippen LogP contribution is -2.55. The van der Waals surface area contributed by atoms with E-state index in [0.29, 0.717) is 0 Å². The molecule has 11 heavy (non-hydrogen) atoms. The van der Waals surface area contributed by atoms with Gasteiger partial charge in [-0.2, -0.15) is 0 Å². The van der Waals surface area contributed by atoms with Gasteiger partial charge in [0.1, 0.15) is 17.2 Å². The molecule has 0 aliphatic carbocycles. The molecule has 0 saturated carbocycles.